The Morgan fingerprint density at radius 3 is 3.00 bits per heavy atom. The molecule has 0 bridgehead atoms. The topological polar surface area (TPSA) is 53.1 Å². The minimum Gasteiger partial charge on any atom is -0.492 e. The molecule has 0 saturated carbocycles. The smallest absolute Gasteiger partial charge is 0.167 e. The van der Waals surface area contributed by atoms with E-state index < -0.39 is 7.04 Å². The molecule has 1 heterocycles. The fourth-order valence-corrected chi connectivity index (χ4v) is 1.62. The fraction of sp³-hybridized carbons (Fsp3) is 0.364. The summed E-state index contributed by atoms with van der Waals surface area (Å²) in [4.78, 5) is 0. The number of methoxy groups -OCH3 is 1. The van der Waals surface area contributed by atoms with Crippen molar-refractivity contribution in [3.63, 3.8) is 0 Å². The van der Waals surface area contributed by atoms with Crippen molar-refractivity contribution >= 4 is 16.6 Å². The highest BCUT2D eigenvalue weighted by Crippen LogP contribution is 2.32. The molecule has 0 atom stereocenters. The molecule has 1 aromatic carbocycles. The maximum atomic E-state index is 7.20. The number of nitrogen functional groups attached to an aromatic ring is 1. The minimum atomic E-state index is -2.53. The molecule has 0 amide bonds. The molecule has 1 aromatic heterocycles. The zero-order chi connectivity index (χ0) is 13.5. The normalized spacial score (nSPS) is 15.0. The average Bonchev–Trinajstić information content (AvgIpc) is 2.64. The molecule has 0 aliphatic rings. The summed E-state index contributed by atoms with van der Waals surface area (Å²) in [5, 5.41) is 5.03. The predicted molar refractivity (Wildman–Crippen MR) is 61.1 cm³/mol. The molecule has 0 aliphatic carbocycles. The van der Waals surface area contributed by atoms with Crippen LogP contribution in [0, 0.1) is 0 Å². The van der Waals surface area contributed by atoms with Crippen LogP contribution in [0.4, 0.5) is 5.69 Å². The van der Waals surface area contributed by atoms with Crippen molar-refractivity contribution in [3.8, 4) is 5.75 Å². The van der Waals surface area contributed by atoms with Crippen molar-refractivity contribution in [2.45, 2.75) is 19.9 Å². The highest BCUT2D eigenvalue weighted by atomic mass is 16.5. The van der Waals surface area contributed by atoms with E-state index in [0.29, 0.717) is 11.2 Å². The van der Waals surface area contributed by atoms with E-state index in [1.807, 2.05) is 13.8 Å². The number of hydrogen-bond donors (Lipinski definition) is 1. The summed E-state index contributed by atoms with van der Waals surface area (Å²) in [6.45, 7) is 3.91. The maximum absolute atomic E-state index is 7.20. The van der Waals surface area contributed by atoms with Crippen LogP contribution < -0.4 is 10.5 Å². The Kier molecular flexibility index (Phi) is 1.55. The summed E-state index contributed by atoms with van der Waals surface area (Å²) < 4.78 is 28.3. The Balaban J connectivity index is 2.68. The lowest BCUT2D eigenvalue weighted by Gasteiger charge is -2.11. The molecular weight excluding hydrogens is 190 g/mol. The van der Waals surface area contributed by atoms with E-state index in [4.69, 9.17) is 14.6 Å². The van der Waals surface area contributed by atoms with Crippen LogP contribution in [0.25, 0.3) is 10.9 Å². The van der Waals surface area contributed by atoms with Crippen molar-refractivity contribution < 1.29 is 8.85 Å². The van der Waals surface area contributed by atoms with Gasteiger partial charge in [0.1, 0.15) is 5.52 Å². The highest BCUT2D eigenvalue weighted by Gasteiger charge is 2.13. The van der Waals surface area contributed by atoms with Crippen LogP contribution in [-0.4, -0.2) is 16.8 Å². The average molecular weight is 208 g/mol. The quantitative estimate of drug-likeness (QED) is 0.770. The Morgan fingerprint density at radius 1 is 1.53 bits per heavy atom. The van der Waals surface area contributed by atoms with E-state index in [2.05, 4.69) is 5.10 Å². The summed E-state index contributed by atoms with van der Waals surface area (Å²) in [5.74, 6) is 0.165. The van der Waals surface area contributed by atoms with Crippen LogP contribution in [0.2, 0.25) is 0 Å². The van der Waals surface area contributed by atoms with E-state index in [-0.39, 0.29) is 11.8 Å². The van der Waals surface area contributed by atoms with Gasteiger partial charge >= 0.3 is 0 Å². The number of fused-ring (bicyclic) bond motifs is 1. The summed E-state index contributed by atoms with van der Waals surface area (Å²) >= 11 is 0. The van der Waals surface area contributed by atoms with Gasteiger partial charge in [-0.3, -0.25) is 4.68 Å². The molecule has 2 rings (SSSR count). The van der Waals surface area contributed by atoms with Gasteiger partial charge in [0.05, 0.1) is 23.0 Å². The number of aromatic nitrogens is 2. The molecule has 0 spiro atoms. The molecule has 0 radical (unpaired) electrons. The number of benzene rings is 1. The lowest BCUT2D eigenvalue weighted by molar-refractivity contribution is 0.416. The number of nitrogens with two attached hydrogens (primary N) is 1. The standard InChI is InChI=1S/C11H15N3O/c1-7(2)14-10-8(6-13-14)4-5-9(12)11(10)15-3/h4-7H,12H2,1-3H3/i3D3. The Hall–Kier alpha value is -1.71. The van der Waals surface area contributed by atoms with Crippen LogP contribution in [0.1, 0.15) is 24.0 Å². The molecule has 0 saturated heterocycles. The number of ether oxygens (including phenoxy) is 1. The molecular formula is C11H15N3O. The third-order valence-electron chi connectivity index (χ3n) is 2.33. The SMILES string of the molecule is [2H]C([2H])([2H])Oc1c(N)ccc2cnn(C(C)C)c12. The van der Waals surface area contributed by atoms with Gasteiger partial charge in [0.15, 0.2) is 5.75 Å². The largest absolute Gasteiger partial charge is 0.492 e. The van der Waals surface area contributed by atoms with Crippen molar-refractivity contribution in [1.29, 1.82) is 0 Å². The summed E-state index contributed by atoms with van der Waals surface area (Å²) in [7, 11) is -2.53. The summed E-state index contributed by atoms with van der Waals surface area (Å²) in [6.07, 6.45) is 1.67. The molecule has 15 heavy (non-hydrogen) atoms. The number of anilines is 1. The van der Waals surface area contributed by atoms with Crippen molar-refractivity contribution in [3.05, 3.63) is 18.3 Å². The zero-order valence-corrected chi connectivity index (χ0v) is 8.69. The second-order valence-corrected chi connectivity index (χ2v) is 3.71. The van der Waals surface area contributed by atoms with Crippen LogP contribution in [0.15, 0.2) is 18.3 Å². The van der Waals surface area contributed by atoms with E-state index in [1.165, 1.54) is 0 Å². The molecule has 0 unspecified atom stereocenters. The third-order valence-corrected chi connectivity index (χ3v) is 2.33. The number of nitrogens with zero attached hydrogens (tertiary/aromatic N) is 2. The van der Waals surface area contributed by atoms with Crippen LogP contribution >= 0.6 is 0 Å². The Labute approximate surface area is 92.8 Å². The molecule has 0 aliphatic heterocycles. The van der Waals surface area contributed by atoms with Gasteiger partial charge in [0.25, 0.3) is 0 Å². The monoisotopic (exact) mass is 208 g/mol. The number of hydrogen-bond acceptors (Lipinski definition) is 3. The first-order valence-corrected chi connectivity index (χ1v) is 4.74. The predicted octanol–water partition coefficient (Wildman–Crippen LogP) is 2.21. The first-order valence-electron chi connectivity index (χ1n) is 6.24. The summed E-state index contributed by atoms with van der Waals surface area (Å²) in [5.41, 5.74) is 6.71. The van der Waals surface area contributed by atoms with Crippen LogP contribution in [0.3, 0.4) is 0 Å². The van der Waals surface area contributed by atoms with Gasteiger partial charge in [-0.25, -0.2) is 0 Å². The van der Waals surface area contributed by atoms with Crippen molar-refractivity contribution in [2.75, 3.05) is 12.8 Å². The van der Waals surface area contributed by atoms with Crippen molar-refractivity contribution in [2.24, 2.45) is 0 Å². The maximum Gasteiger partial charge on any atom is 0.167 e. The van der Waals surface area contributed by atoms with Crippen molar-refractivity contribution in [1.82, 2.24) is 9.78 Å². The van der Waals surface area contributed by atoms with Crippen LogP contribution in [0.5, 0.6) is 5.75 Å². The molecule has 4 nitrogen and oxygen atoms in total. The fourth-order valence-electron chi connectivity index (χ4n) is 1.62. The second-order valence-electron chi connectivity index (χ2n) is 3.71. The van der Waals surface area contributed by atoms with Gasteiger partial charge in [-0.1, -0.05) is 0 Å². The van der Waals surface area contributed by atoms with E-state index in [1.54, 1.807) is 23.0 Å². The molecule has 2 aromatic rings. The van der Waals surface area contributed by atoms with E-state index >= 15 is 0 Å². The Bertz CT molecular complexity index is 575. The van der Waals surface area contributed by atoms with Gasteiger partial charge < -0.3 is 10.5 Å². The third kappa shape index (κ3) is 1.42. The molecule has 4 heteroatoms. The highest BCUT2D eigenvalue weighted by molar-refractivity contribution is 5.89. The Morgan fingerprint density at radius 2 is 2.33 bits per heavy atom. The van der Waals surface area contributed by atoms with Crippen LogP contribution in [-0.2, 0) is 0 Å². The van der Waals surface area contributed by atoms with E-state index in [0.717, 1.165) is 5.39 Å². The molecule has 0 fully saturated rings. The second kappa shape index (κ2) is 3.46. The molecule has 80 valence electrons. The lowest BCUT2D eigenvalue weighted by atomic mass is 10.2. The van der Waals surface area contributed by atoms with Gasteiger partial charge in [-0.2, -0.15) is 5.10 Å². The van der Waals surface area contributed by atoms with Gasteiger partial charge in [0.2, 0.25) is 0 Å². The first kappa shape index (κ1) is 6.71. The molecule has 2 N–H and O–H groups in total. The first-order chi connectivity index (χ1) is 8.29. The lowest BCUT2D eigenvalue weighted by Crippen LogP contribution is -2.04. The van der Waals surface area contributed by atoms with E-state index in [9.17, 15) is 0 Å². The number of rotatable bonds is 2. The van der Waals surface area contributed by atoms with Gasteiger partial charge in [-0.05, 0) is 26.0 Å². The summed E-state index contributed by atoms with van der Waals surface area (Å²) in [6, 6.07) is 3.50. The zero-order valence-electron chi connectivity index (χ0n) is 11.7. The van der Waals surface area contributed by atoms with Gasteiger partial charge in [0, 0.05) is 11.4 Å². The minimum absolute atomic E-state index is 0.0863. The van der Waals surface area contributed by atoms with Gasteiger partial charge in [-0.15, -0.1) is 0 Å².